The van der Waals surface area contributed by atoms with Crippen molar-refractivity contribution in [2.24, 2.45) is 0 Å². The highest BCUT2D eigenvalue weighted by Crippen LogP contribution is 2.21. The van der Waals surface area contributed by atoms with E-state index in [1.807, 2.05) is 0 Å². The Labute approximate surface area is 116 Å². The zero-order chi connectivity index (χ0) is 13.7. The highest BCUT2D eigenvalue weighted by Gasteiger charge is 2.22. The Morgan fingerprint density at radius 2 is 2.05 bits per heavy atom. The zero-order valence-electron chi connectivity index (χ0n) is 12.4. The number of rotatable bonds is 5. The summed E-state index contributed by atoms with van der Waals surface area (Å²) in [5.41, 5.74) is 1.53. The summed E-state index contributed by atoms with van der Waals surface area (Å²) in [6.07, 6.45) is 0.324. The Morgan fingerprint density at radius 1 is 1.32 bits per heavy atom. The molecule has 1 N–H and O–H groups in total. The summed E-state index contributed by atoms with van der Waals surface area (Å²) in [7, 11) is 2.16. The molecule has 1 aromatic carbocycles. The lowest BCUT2D eigenvalue weighted by atomic mass is 9.84. The van der Waals surface area contributed by atoms with Gasteiger partial charge in [0.2, 0.25) is 0 Å². The number of nitrogens with one attached hydrogen (secondary N) is 1. The fraction of sp³-hybridized carbons (Fsp3) is 0.625. The van der Waals surface area contributed by atoms with E-state index in [1.165, 1.54) is 5.56 Å². The van der Waals surface area contributed by atoms with Gasteiger partial charge in [0, 0.05) is 31.6 Å². The average Bonchev–Trinajstić information content (AvgIpc) is 2.40. The monoisotopic (exact) mass is 262 g/mol. The molecular formula is C16H26N2O. The summed E-state index contributed by atoms with van der Waals surface area (Å²) in [5.74, 6) is 0. The topological polar surface area (TPSA) is 24.5 Å². The van der Waals surface area contributed by atoms with Gasteiger partial charge in [-0.05, 0) is 12.6 Å². The lowest BCUT2D eigenvalue weighted by Gasteiger charge is -2.32. The molecular weight excluding hydrogens is 236 g/mol. The molecule has 1 unspecified atom stereocenters. The Bertz CT molecular complexity index is 378. The minimum atomic E-state index is 0.155. The number of morpholine rings is 1. The summed E-state index contributed by atoms with van der Waals surface area (Å²) in [4.78, 5) is 2.33. The van der Waals surface area contributed by atoms with E-state index in [-0.39, 0.29) is 5.41 Å². The highest BCUT2D eigenvalue weighted by molar-refractivity contribution is 5.23. The van der Waals surface area contributed by atoms with Crippen molar-refractivity contribution < 1.29 is 4.74 Å². The zero-order valence-corrected chi connectivity index (χ0v) is 12.4. The van der Waals surface area contributed by atoms with Gasteiger partial charge in [-0.3, -0.25) is 0 Å². The van der Waals surface area contributed by atoms with E-state index in [4.69, 9.17) is 4.74 Å². The fourth-order valence-electron chi connectivity index (χ4n) is 2.53. The van der Waals surface area contributed by atoms with E-state index < -0.39 is 0 Å². The molecule has 2 rings (SSSR count). The van der Waals surface area contributed by atoms with Crippen molar-refractivity contribution in [3.8, 4) is 0 Å². The largest absolute Gasteiger partial charge is 0.374 e. The van der Waals surface area contributed by atoms with Crippen LogP contribution in [-0.4, -0.2) is 50.8 Å². The summed E-state index contributed by atoms with van der Waals surface area (Å²) in [6.45, 7) is 9.39. The second-order valence-corrected chi connectivity index (χ2v) is 6.14. The summed E-state index contributed by atoms with van der Waals surface area (Å²) >= 11 is 0. The van der Waals surface area contributed by atoms with Crippen molar-refractivity contribution in [2.75, 3.05) is 39.8 Å². The molecule has 1 aromatic rings. The first-order valence-corrected chi connectivity index (χ1v) is 7.14. The van der Waals surface area contributed by atoms with Crippen molar-refractivity contribution in [1.82, 2.24) is 10.2 Å². The van der Waals surface area contributed by atoms with Crippen LogP contribution in [0.1, 0.15) is 19.4 Å². The molecule has 1 aliphatic rings. The normalized spacial score (nSPS) is 21.5. The van der Waals surface area contributed by atoms with Crippen LogP contribution < -0.4 is 5.32 Å². The van der Waals surface area contributed by atoms with Crippen LogP contribution in [0.2, 0.25) is 0 Å². The van der Waals surface area contributed by atoms with Crippen LogP contribution in [0.15, 0.2) is 30.3 Å². The van der Waals surface area contributed by atoms with E-state index in [2.05, 4.69) is 61.4 Å². The second-order valence-electron chi connectivity index (χ2n) is 6.14. The predicted octanol–water partition coefficient (Wildman–Crippen LogP) is 1.88. The van der Waals surface area contributed by atoms with Gasteiger partial charge in [0.25, 0.3) is 0 Å². The Morgan fingerprint density at radius 3 is 2.74 bits per heavy atom. The Balaban J connectivity index is 1.78. The molecule has 1 fully saturated rings. The first-order chi connectivity index (χ1) is 9.08. The molecule has 0 spiro atoms. The van der Waals surface area contributed by atoms with Gasteiger partial charge in [0.1, 0.15) is 0 Å². The van der Waals surface area contributed by atoms with Crippen molar-refractivity contribution in [3.63, 3.8) is 0 Å². The van der Waals surface area contributed by atoms with Gasteiger partial charge < -0.3 is 15.0 Å². The molecule has 3 nitrogen and oxygen atoms in total. The molecule has 0 amide bonds. The van der Waals surface area contributed by atoms with Gasteiger partial charge in [0.15, 0.2) is 0 Å². The first-order valence-electron chi connectivity index (χ1n) is 7.14. The van der Waals surface area contributed by atoms with Crippen molar-refractivity contribution in [3.05, 3.63) is 35.9 Å². The van der Waals surface area contributed by atoms with Crippen LogP contribution >= 0.6 is 0 Å². The van der Waals surface area contributed by atoms with Gasteiger partial charge >= 0.3 is 0 Å². The summed E-state index contributed by atoms with van der Waals surface area (Å²) in [5, 5.41) is 3.56. The van der Waals surface area contributed by atoms with Gasteiger partial charge in [-0.2, -0.15) is 0 Å². The van der Waals surface area contributed by atoms with Gasteiger partial charge in [-0.1, -0.05) is 44.2 Å². The van der Waals surface area contributed by atoms with Crippen LogP contribution in [0.5, 0.6) is 0 Å². The molecule has 0 aliphatic carbocycles. The maximum atomic E-state index is 5.76. The minimum Gasteiger partial charge on any atom is -0.374 e. The van der Waals surface area contributed by atoms with Crippen molar-refractivity contribution in [1.29, 1.82) is 0 Å². The minimum absolute atomic E-state index is 0.155. The van der Waals surface area contributed by atoms with Crippen molar-refractivity contribution in [2.45, 2.75) is 25.4 Å². The van der Waals surface area contributed by atoms with E-state index in [9.17, 15) is 0 Å². The van der Waals surface area contributed by atoms with E-state index in [0.717, 1.165) is 32.8 Å². The van der Waals surface area contributed by atoms with Crippen LogP contribution in [0.25, 0.3) is 0 Å². The number of hydrogen-bond donors (Lipinski definition) is 1. The molecule has 1 aliphatic heterocycles. The lowest BCUT2D eigenvalue weighted by Crippen LogP contribution is -2.46. The predicted molar refractivity (Wildman–Crippen MR) is 79.6 cm³/mol. The van der Waals surface area contributed by atoms with Crippen LogP contribution in [0.4, 0.5) is 0 Å². The molecule has 1 atom stereocenters. The molecule has 1 heterocycles. The van der Waals surface area contributed by atoms with Crippen LogP contribution in [-0.2, 0) is 10.2 Å². The standard InChI is InChI=1S/C16H26N2O/c1-16(2,14-7-5-4-6-8-14)13-17-11-15-12-18(3)9-10-19-15/h4-8,15,17H,9-13H2,1-3H3. The smallest absolute Gasteiger partial charge is 0.0826 e. The first kappa shape index (κ1) is 14.5. The number of likely N-dealkylation sites (N-methyl/N-ethyl adjacent to an activating group) is 1. The molecule has 106 valence electrons. The van der Waals surface area contributed by atoms with Gasteiger partial charge in [-0.15, -0.1) is 0 Å². The van der Waals surface area contributed by atoms with Gasteiger partial charge in [-0.25, -0.2) is 0 Å². The maximum Gasteiger partial charge on any atom is 0.0826 e. The molecule has 0 radical (unpaired) electrons. The molecule has 1 saturated heterocycles. The van der Waals surface area contributed by atoms with Gasteiger partial charge in [0.05, 0.1) is 12.7 Å². The third-order valence-corrected chi connectivity index (χ3v) is 3.84. The number of nitrogens with zero attached hydrogens (tertiary/aromatic N) is 1. The Hall–Kier alpha value is -0.900. The van der Waals surface area contributed by atoms with Crippen molar-refractivity contribution >= 4 is 0 Å². The lowest BCUT2D eigenvalue weighted by molar-refractivity contribution is -0.0184. The SMILES string of the molecule is CN1CCOC(CNCC(C)(C)c2ccccc2)C1. The Kier molecular flexibility index (Phi) is 4.97. The number of hydrogen-bond acceptors (Lipinski definition) is 3. The van der Waals surface area contributed by atoms with E-state index in [0.29, 0.717) is 6.10 Å². The number of benzene rings is 1. The molecule has 3 heteroatoms. The van der Waals surface area contributed by atoms with Crippen LogP contribution in [0.3, 0.4) is 0 Å². The third-order valence-electron chi connectivity index (χ3n) is 3.84. The van der Waals surface area contributed by atoms with E-state index >= 15 is 0 Å². The molecule has 0 bridgehead atoms. The third kappa shape index (κ3) is 4.30. The quantitative estimate of drug-likeness (QED) is 0.877. The molecule has 0 saturated carbocycles. The fourth-order valence-corrected chi connectivity index (χ4v) is 2.53. The summed E-state index contributed by atoms with van der Waals surface area (Å²) < 4.78 is 5.76. The molecule has 19 heavy (non-hydrogen) atoms. The second kappa shape index (κ2) is 6.51. The molecule has 0 aromatic heterocycles. The summed E-state index contributed by atoms with van der Waals surface area (Å²) in [6, 6.07) is 10.7. The average molecular weight is 262 g/mol. The van der Waals surface area contributed by atoms with E-state index in [1.54, 1.807) is 0 Å². The van der Waals surface area contributed by atoms with Crippen LogP contribution in [0, 0.1) is 0 Å². The maximum absolute atomic E-state index is 5.76. The highest BCUT2D eigenvalue weighted by atomic mass is 16.5. The number of ether oxygens (including phenoxy) is 1.